The van der Waals surface area contributed by atoms with Crippen LogP contribution in [0.1, 0.15) is 43.4 Å². The average molecular weight is 582 g/mol. The number of fused-ring (bicyclic) bond motifs is 6. The van der Waals surface area contributed by atoms with Gasteiger partial charge in [0.05, 0.1) is 24.6 Å². The lowest BCUT2D eigenvalue weighted by Crippen LogP contribution is -2.49. The predicted octanol–water partition coefficient (Wildman–Crippen LogP) is 5.58. The van der Waals surface area contributed by atoms with Crippen LogP contribution < -0.4 is 14.8 Å². The third kappa shape index (κ3) is 3.86. The van der Waals surface area contributed by atoms with Gasteiger partial charge in [-0.25, -0.2) is 0 Å². The van der Waals surface area contributed by atoms with Crippen molar-refractivity contribution in [1.29, 1.82) is 5.26 Å². The Morgan fingerprint density at radius 3 is 2.57 bits per heavy atom. The van der Waals surface area contributed by atoms with Crippen LogP contribution in [-0.4, -0.2) is 42.1 Å². The first-order chi connectivity index (χ1) is 21.5. The summed E-state index contributed by atoms with van der Waals surface area (Å²) in [5.74, 6) is -1.50. The summed E-state index contributed by atoms with van der Waals surface area (Å²) in [4.78, 5) is 46.3. The van der Waals surface area contributed by atoms with Gasteiger partial charge in [-0.1, -0.05) is 66.7 Å². The maximum Gasteiger partial charge on any atom is 0.238 e. The molecule has 44 heavy (non-hydrogen) atoms. The number of nitrogens with one attached hydrogen (secondary N) is 1. The highest BCUT2D eigenvalue weighted by molar-refractivity contribution is 6.17. The highest BCUT2D eigenvalue weighted by Crippen LogP contribution is 2.62. The molecule has 216 valence electrons. The Labute approximate surface area is 254 Å². The maximum absolute atomic E-state index is 15.0. The first-order valence-electron chi connectivity index (χ1n) is 14.3. The topological polar surface area (TPSA) is 109 Å². The third-order valence-electron chi connectivity index (χ3n) is 8.92. The molecule has 3 aliphatic heterocycles. The van der Waals surface area contributed by atoms with E-state index < -0.39 is 23.4 Å². The standard InChI is InChI=1S/C36H27N3O5/c1-43-24-11-8-10-23(21-24)32(40)30-31(33(41)26-13-4-7-16-29(26)44-20-18-37)39-19-17-22-9-2-3-12-25(22)34(39)36(30)27-14-5-6-15-28(27)38-35(36)42/h2-17,19,21,30-31,34H,20H2,1H3,(H,38,42)/t30-,31-,34+,36+/m0/s1. The van der Waals surface area contributed by atoms with E-state index in [9.17, 15) is 19.6 Å². The number of rotatable bonds is 7. The van der Waals surface area contributed by atoms with Gasteiger partial charge < -0.3 is 19.7 Å². The zero-order valence-corrected chi connectivity index (χ0v) is 23.8. The van der Waals surface area contributed by atoms with E-state index in [0.717, 1.165) is 11.1 Å². The summed E-state index contributed by atoms with van der Waals surface area (Å²) in [5, 5.41) is 12.2. The lowest BCUT2D eigenvalue weighted by atomic mass is 9.62. The number of ketones is 2. The number of benzene rings is 4. The van der Waals surface area contributed by atoms with Crippen molar-refractivity contribution in [3.8, 4) is 17.6 Å². The van der Waals surface area contributed by atoms with Crippen molar-refractivity contribution in [2.24, 2.45) is 5.92 Å². The van der Waals surface area contributed by atoms with Crippen LogP contribution in [0.3, 0.4) is 0 Å². The molecule has 0 unspecified atom stereocenters. The minimum Gasteiger partial charge on any atom is -0.497 e. The molecule has 0 bridgehead atoms. The molecule has 8 heteroatoms. The minimum atomic E-state index is -1.46. The number of carbonyl (C=O) groups excluding carboxylic acids is 3. The fraction of sp³-hybridized carbons (Fsp3) is 0.167. The van der Waals surface area contributed by atoms with Crippen molar-refractivity contribution < 1.29 is 23.9 Å². The molecule has 1 fully saturated rings. The Morgan fingerprint density at radius 2 is 1.73 bits per heavy atom. The highest BCUT2D eigenvalue weighted by atomic mass is 16.5. The van der Waals surface area contributed by atoms with E-state index in [1.807, 2.05) is 71.8 Å². The maximum atomic E-state index is 15.0. The first-order valence-corrected chi connectivity index (χ1v) is 14.3. The van der Waals surface area contributed by atoms with E-state index in [1.54, 1.807) is 48.5 Å². The van der Waals surface area contributed by atoms with E-state index in [0.29, 0.717) is 22.6 Å². The van der Waals surface area contributed by atoms with Gasteiger partial charge in [-0.15, -0.1) is 0 Å². The van der Waals surface area contributed by atoms with Crippen molar-refractivity contribution in [2.45, 2.75) is 17.5 Å². The molecule has 4 aromatic carbocycles. The smallest absolute Gasteiger partial charge is 0.238 e. The number of anilines is 1. The van der Waals surface area contributed by atoms with Gasteiger partial charge in [0.25, 0.3) is 0 Å². The minimum absolute atomic E-state index is 0.228. The monoisotopic (exact) mass is 581 g/mol. The quantitative estimate of drug-likeness (QED) is 0.284. The second-order valence-electron chi connectivity index (χ2n) is 11.0. The number of ether oxygens (including phenoxy) is 2. The Balaban J connectivity index is 1.52. The number of methoxy groups -OCH3 is 1. The number of hydrogen-bond donors (Lipinski definition) is 1. The summed E-state index contributed by atoms with van der Waals surface area (Å²) >= 11 is 0. The second-order valence-corrected chi connectivity index (χ2v) is 11.0. The summed E-state index contributed by atoms with van der Waals surface area (Å²) in [6.07, 6.45) is 3.73. The van der Waals surface area contributed by atoms with Gasteiger partial charge in [0.1, 0.15) is 29.0 Å². The van der Waals surface area contributed by atoms with Crippen molar-refractivity contribution in [2.75, 3.05) is 19.0 Å². The molecule has 3 aliphatic rings. The molecule has 0 saturated carbocycles. The van der Waals surface area contributed by atoms with Gasteiger partial charge in [-0.3, -0.25) is 14.4 Å². The van der Waals surface area contributed by atoms with Crippen molar-refractivity contribution in [1.82, 2.24) is 4.90 Å². The van der Waals surface area contributed by atoms with Crippen LogP contribution >= 0.6 is 0 Å². The van der Waals surface area contributed by atoms with Gasteiger partial charge >= 0.3 is 0 Å². The van der Waals surface area contributed by atoms with Crippen LogP contribution in [0.5, 0.6) is 11.5 Å². The van der Waals surface area contributed by atoms with Crippen LogP contribution in [0.15, 0.2) is 103 Å². The fourth-order valence-electron chi connectivity index (χ4n) is 7.19. The lowest BCUT2D eigenvalue weighted by Gasteiger charge is -2.38. The van der Waals surface area contributed by atoms with Crippen LogP contribution in [0.2, 0.25) is 0 Å². The van der Waals surface area contributed by atoms with Crippen molar-refractivity contribution in [3.05, 3.63) is 131 Å². The van der Waals surface area contributed by atoms with E-state index in [4.69, 9.17) is 9.47 Å². The number of para-hydroxylation sites is 2. The number of carbonyl (C=O) groups is 3. The Kier molecular flexibility index (Phi) is 6.51. The normalized spacial score (nSPS) is 22.4. The summed E-state index contributed by atoms with van der Waals surface area (Å²) < 4.78 is 11.1. The van der Waals surface area contributed by atoms with Crippen LogP contribution in [0, 0.1) is 17.2 Å². The zero-order chi connectivity index (χ0) is 30.4. The summed E-state index contributed by atoms with van der Waals surface area (Å²) in [6, 6.07) is 28.8. The van der Waals surface area contributed by atoms with Gasteiger partial charge in [0.2, 0.25) is 5.91 Å². The second kappa shape index (κ2) is 10.5. The molecule has 1 amide bonds. The molecule has 0 aliphatic carbocycles. The molecule has 3 heterocycles. The van der Waals surface area contributed by atoms with Crippen LogP contribution in [-0.2, 0) is 10.2 Å². The van der Waals surface area contributed by atoms with Crippen molar-refractivity contribution in [3.63, 3.8) is 0 Å². The fourth-order valence-corrected chi connectivity index (χ4v) is 7.19. The highest BCUT2D eigenvalue weighted by Gasteiger charge is 2.70. The van der Waals surface area contributed by atoms with E-state index in [1.165, 1.54) is 7.11 Å². The summed E-state index contributed by atoms with van der Waals surface area (Å²) in [6.45, 7) is -0.250. The Morgan fingerprint density at radius 1 is 0.955 bits per heavy atom. The zero-order valence-electron chi connectivity index (χ0n) is 23.8. The number of nitrogens with zero attached hydrogens (tertiary/aromatic N) is 2. The molecule has 1 spiro atoms. The van der Waals surface area contributed by atoms with Gasteiger partial charge in [-0.05, 0) is 53.1 Å². The largest absolute Gasteiger partial charge is 0.497 e. The number of Topliss-reactive ketones (excluding diaryl/α,β-unsaturated/α-hetero) is 2. The lowest BCUT2D eigenvalue weighted by molar-refractivity contribution is -0.122. The third-order valence-corrected chi connectivity index (χ3v) is 8.92. The molecule has 0 radical (unpaired) electrons. The van der Waals surface area contributed by atoms with E-state index in [-0.39, 0.29) is 35.4 Å². The van der Waals surface area contributed by atoms with Gasteiger partial charge in [-0.2, -0.15) is 5.26 Å². The Hall–Kier alpha value is -5.68. The molecule has 4 aromatic rings. The molecule has 4 atom stereocenters. The van der Waals surface area contributed by atoms with Crippen LogP contribution in [0.4, 0.5) is 5.69 Å². The van der Waals surface area contributed by atoms with E-state index >= 15 is 0 Å². The molecule has 0 aromatic heterocycles. The molecule has 1 saturated heterocycles. The van der Waals surface area contributed by atoms with Gasteiger partial charge in [0.15, 0.2) is 18.2 Å². The van der Waals surface area contributed by atoms with Crippen LogP contribution in [0.25, 0.3) is 6.08 Å². The SMILES string of the molecule is COc1cccc(C(=O)[C@@H]2[C@@H](C(=O)c3ccccc3OCC#N)N3C=Cc4ccccc4[C@@H]3[C@]23C(=O)Nc2ccccc23)c1. The number of nitriles is 1. The number of amides is 1. The molecular weight excluding hydrogens is 554 g/mol. The van der Waals surface area contributed by atoms with Gasteiger partial charge in [0, 0.05) is 17.5 Å². The summed E-state index contributed by atoms with van der Waals surface area (Å²) in [5.41, 5.74) is 2.12. The Bertz CT molecular complexity index is 1910. The van der Waals surface area contributed by atoms with Crippen molar-refractivity contribution >= 4 is 29.2 Å². The molecular formula is C36H27N3O5. The molecule has 1 N–H and O–H groups in total. The first kappa shape index (κ1) is 27.2. The summed E-state index contributed by atoms with van der Waals surface area (Å²) in [7, 11) is 1.52. The predicted molar refractivity (Wildman–Crippen MR) is 163 cm³/mol. The molecule has 8 nitrogen and oxygen atoms in total. The average Bonchev–Trinajstić information content (AvgIpc) is 3.55. The number of hydrogen-bond acceptors (Lipinski definition) is 7. The molecule has 7 rings (SSSR count). The van der Waals surface area contributed by atoms with E-state index in [2.05, 4.69) is 5.32 Å².